The van der Waals surface area contributed by atoms with Gasteiger partial charge in [0, 0.05) is 23.0 Å². The van der Waals surface area contributed by atoms with E-state index in [-0.39, 0.29) is 37.4 Å². The molecule has 8 heteroatoms. The first-order valence-corrected chi connectivity index (χ1v) is 10.7. The van der Waals surface area contributed by atoms with Crippen LogP contribution >= 0.6 is 0 Å². The van der Waals surface area contributed by atoms with Crippen molar-refractivity contribution in [3.8, 4) is 5.75 Å². The monoisotopic (exact) mass is 445 g/mol. The van der Waals surface area contributed by atoms with Crippen LogP contribution in [0, 0.1) is 5.92 Å². The third-order valence-corrected chi connectivity index (χ3v) is 5.14. The smallest absolute Gasteiger partial charge is 0.336 e. The molecule has 32 heavy (non-hydrogen) atoms. The Kier molecular flexibility index (Phi) is 8.87. The van der Waals surface area contributed by atoms with Crippen LogP contribution < -0.4 is 9.64 Å². The van der Waals surface area contributed by atoms with E-state index in [1.165, 1.54) is 0 Å². The average Bonchev–Trinajstić information content (AvgIpc) is 2.74. The fourth-order valence-electron chi connectivity index (χ4n) is 3.85. The van der Waals surface area contributed by atoms with Crippen LogP contribution in [0.5, 0.6) is 5.75 Å². The number of esters is 3. The Morgan fingerprint density at radius 3 is 1.69 bits per heavy atom. The van der Waals surface area contributed by atoms with Crippen molar-refractivity contribution in [2.45, 2.75) is 41.0 Å². The van der Waals surface area contributed by atoms with E-state index < -0.39 is 23.8 Å². The molecule has 0 fully saturated rings. The Hall–Kier alpha value is -3.29. The van der Waals surface area contributed by atoms with Gasteiger partial charge in [-0.05, 0) is 58.9 Å². The van der Waals surface area contributed by atoms with Crippen molar-refractivity contribution in [3.05, 3.63) is 46.8 Å². The lowest BCUT2D eigenvalue weighted by atomic mass is 9.82. The minimum atomic E-state index is -0.846. The van der Waals surface area contributed by atoms with Gasteiger partial charge in [0.25, 0.3) is 0 Å². The van der Waals surface area contributed by atoms with Gasteiger partial charge in [-0.25, -0.2) is 9.59 Å². The molecule has 1 heterocycles. The van der Waals surface area contributed by atoms with E-state index in [1.54, 1.807) is 58.8 Å². The molecule has 0 unspecified atom stereocenters. The van der Waals surface area contributed by atoms with Crippen LogP contribution in [0.3, 0.4) is 0 Å². The molecule has 0 bridgehead atoms. The summed E-state index contributed by atoms with van der Waals surface area (Å²) in [6.07, 6.45) is -0.179. The van der Waals surface area contributed by atoms with Crippen molar-refractivity contribution in [1.29, 1.82) is 0 Å². The molecular weight excluding hydrogens is 414 g/mol. The van der Waals surface area contributed by atoms with Gasteiger partial charge < -0.3 is 23.8 Å². The number of benzene rings is 1. The molecule has 174 valence electrons. The maximum atomic E-state index is 13.0. The van der Waals surface area contributed by atoms with Gasteiger partial charge in [-0.3, -0.25) is 4.79 Å². The fourth-order valence-corrected chi connectivity index (χ4v) is 3.85. The van der Waals surface area contributed by atoms with Gasteiger partial charge in [-0.2, -0.15) is 0 Å². The van der Waals surface area contributed by atoms with Gasteiger partial charge >= 0.3 is 17.9 Å². The molecule has 0 radical (unpaired) electrons. The summed E-state index contributed by atoms with van der Waals surface area (Å²) in [5.41, 5.74) is 2.30. The van der Waals surface area contributed by atoms with E-state index in [0.717, 1.165) is 5.69 Å². The molecule has 8 nitrogen and oxygen atoms in total. The Bertz CT molecular complexity index is 873. The number of rotatable bonds is 9. The zero-order valence-electron chi connectivity index (χ0n) is 19.5. The molecule has 0 saturated carbocycles. The summed E-state index contributed by atoms with van der Waals surface area (Å²) in [5, 5.41) is 0. The summed E-state index contributed by atoms with van der Waals surface area (Å²) >= 11 is 0. The van der Waals surface area contributed by atoms with E-state index >= 15 is 0 Å². The molecule has 0 saturated heterocycles. The van der Waals surface area contributed by atoms with Crippen LogP contribution in [0.4, 0.5) is 5.69 Å². The Morgan fingerprint density at radius 1 is 0.812 bits per heavy atom. The first kappa shape index (κ1) is 25.0. The zero-order valence-corrected chi connectivity index (χ0v) is 19.5. The summed E-state index contributed by atoms with van der Waals surface area (Å²) in [6, 6.07) is 7.22. The number of methoxy groups -OCH3 is 1. The van der Waals surface area contributed by atoms with Crippen molar-refractivity contribution < 1.29 is 33.3 Å². The molecule has 1 aromatic rings. The lowest BCUT2D eigenvalue weighted by molar-refractivity contribution is -0.144. The largest absolute Gasteiger partial charge is 0.497 e. The molecule has 0 N–H and O–H groups in total. The second-order valence-electron chi connectivity index (χ2n) is 7.03. The van der Waals surface area contributed by atoms with Gasteiger partial charge in [-0.1, -0.05) is 0 Å². The first-order valence-electron chi connectivity index (χ1n) is 10.7. The van der Waals surface area contributed by atoms with Crippen LogP contribution in [0.2, 0.25) is 0 Å². The van der Waals surface area contributed by atoms with E-state index in [9.17, 15) is 14.4 Å². The molecule has 1 aromatic carbocycles. The Balaban J connectivity index is 2.71. The maximum absolute atomic E-state index is 13.0. The van der Waals surface area contributed by atoms with Crippen molar-refractivity contribution in [2.24, 2.45) is 5.92 Å². The minimum absolute atomic E-state index is 0.154. The summed E-state index contributed by atoms with van der Waals surface area (Å²) in [6.45, 7) is 9.13. The van der Waals surface area contributed by atoms with Crippen molar-refractivity contribution >= 4 is 23.6 Å². The second kappa shape index (κ2) is 11.4. The summed E-state index contributed by atoms with van der Waals surface area (Å²) in [5.74, 6) is -1.87. The molecule has 0 aromatic heterocycles. The van der Waals surface area contributed by atoms with Gasteiger partial charge in [0.1, 0.15) is 5.75 Å². The molecule has 0 spiro atoms. The molecule has 0 aliphatic carbocycles. The number of anilines is 1. The number of nitrogens with zero attached hydrogens (tertiary/aromatic N) is 1. The van der Waals surface area contributed by atoms with E-state index in [4.69, 9.17) is 18.9 Å². The second-order valence-corrected chi connectivity index (χ2v) is 7.03. The van der Waals surface area contributed by atoms with Crippen LogP contribution in [0.1, 0.15) is 41.0 Å². The van der Waals surface area contributed by atoms with Gasteiger partial charge in [-0.15, -0.1) is 0 Å². The number of hydrogen-bond donors (Lipinski definition) is 0. The number of carbonyl (C=O) groups excluding carboxylic acids is 3. The predicted molar refractivity (Wildman–Crippen MR) is 119 cm³/mol. The summed E-state index contributed by atoms with van der Waals surface area (Å²) < 4.78 is 20.9. The third kappa shape index (κ3) is 5.30. The molecule has 1 aliphatic heterocycles. The van der Waals surface area contributed by atoms with Gasteiger partial charge in [0.2, 0.25) is 0 Å². The summed E-state index contributed by atoms with van der Waals surface area (Å²) in [4.78, 5) is 40.2. The highest BCUT2D eigenvalue weighted by atomic mass is 16.5. The predicted octanol–water partition coefficient (Wildman–Crippen LogP) is 3.76. The van der Waals surface area contributed by atoms with Gasteiger partial charge in [0.05, 0.1) is 44.5 Å². The lowest BCUT2D eigenvalue weighted by Crippen LogP contribution is -2.37. The Labute approximate surface area is 188 Å². The highest BCUT2D eigenvalue weighted by molar-refractivity contribution is 6.00. The normalized spacial score (nSPS) is 14.4. The SMILES string of the molecule is CCOC(=O)CC1C(C(=O)OCC)=C(C)N(c2ccc(OC)cc2)C(C)=C1C(=O)OCC. The number of ether oxygens (including phenoxy) is 4. The van der Waals surface area contributed by atoms with E-state index in [0.29, 0.717) is 17.1 Å². The number of hydrogen-bond acceptors (Lipinski definition) is 8. The quantitative estimate of drug-likeness (QED) is 0.419. The first-order chi connectivity index (χ1) is 15.3. The van der Waals surface area contributed by atoms with Crippen LogP contribution in [0.15, 0.2) is 46.8 Å². The standard InChI is InChI=1S/C24H31NO7/c1-7-30-20(26)14-19-21(23(27)31-8-2)15(4)25(16(5)22(19)24(28)32-9-3)17-10-12-18(29-6)13-11-17/h10-13,19H,7-9,14H2,1-6H3. The highest BCUT2D eigenvalue weighted by Gasteiger charge is 2.41. The molecule has 0 amide bonds. The molecular formula is C24H31NO7. The summed E-state index contributed by atoms with van der Waals surface area (Å²) in [7, 11) is 1.57. The lowest BCUT2D eigenvalue weighted by Gasteiger charge is -2.37. The Morgan fingerprint density at radius 2 is 1.28 bits per heavy atom. The van der Waals surface area contributed by atoms with Crippen molar-refractivity contribution in [2.75, 3.05) is 31.8 Å². The highest BCUT2D eigenvalue weighted by Crippen LogP contribution is 2.41. The molecule has 0 atom stereocenters. The minimum Gasteiger partial charge on any atom is -0.497 e. The molecule has 2 rings (SSSR count). The van der Waals surface area contributed by atoms with E-state index in [1.807, 2.05) is 12.1 Å². The zero-order chi connectivity index (χ0) is 23.8. The third-order valence-electron chi connectivity index (χ3n) is 5.14. The maximum Gasteiger partial charge on any atom is 0.336 e. The van der Waals surface area contributed by atoms with Crippen LogP contribution in [-0.4, -0.2) is 44.8 Å². The number of allylic oxidation sites excluding steroid dienone is 2. The number of carbonyl (C=O) groups is 3. The average molecular weight is 446 g/mol. The van der Waals surface area contributed by atoms with E-state index in [2.05, 4.69) is 0 Å². The van der Waals surface area contributed by atoms with Crippen LogP contribution in [-0.2, 0) is 28.6 Å². The topological polar surface area (TPSA) is 91.4 Å². The van der Waals surface area contributed by atoms with Gasteiger partial charge in [0.15, 0.2) is 0 Å². The van der Waals surface area contributed by atoms with Crippen molar-refractivity contribution in [3.63, 3.8) is 0 Å². The van der Waals surface area contributed by atoms with Crippen LogP contribution in [0.25, 0.3) is 0 Å². The van der Waals surface area contributed by atoms with Crippen molar-refractivity contribution in [1.82, 2.24) is 0 Å². The fraction of sp³-hybridized carbons (Fsp3) is 0.458. The molecule has 1 aliphatic rings.